The Balaban J connectivity index is 4.21. The standard InChI is InChI=1S/C17H31NO5/c1-5-6-7-9-14(19)10-8-11-17(22)23-15(12-16(20)21)13-18(2,3)4/h9,15H,5-8,10-13H2,1-4H3,(H-,19,20,21)/p+1/b14-9-. The van der Waals surface area contributed by atoms with Crippen LogP contribution in [0.4, 0.5) is 0 Å². The second-order valence-electron chi connectivity index (χ2n) is 6.87. The molecule has 2 N–H and O–H groups in total. The van der Waals surface area contributed by atoms with Gasteiger partial charge in [0.1, 0.15) is 6.54 Å². The lowest BCUT2D eigenvalue weighted by molar-refractivity contribution is -0.873. The molecule has 0 aromatic rings. The van der Waals surface area contributed by atoms with Crippen LogP contribution in [0.3, 0.4) is 0 Å². The van der Waals surface area contributed by atoms with Crippen molar-refractivity contribution in [2.75, 3.05) is 27.7 Å². The Morgan fingerprint density at radius 2 is 1.78 bits per heavy atom. The molecule has 0 rings (SSSR count). The molecular formula is C17H32NO5+. The fourth-order valence-electron chi connectivity index (χ4n) is 2.18. The van der Waals surface area contributed by atoms with Gasteiger partial charge in [0.2, 0.25) is 0 Å². The molecule has 0 aromatic carbocycles. The van der Waals surface area contributed by atoms with Gasteiger partial charge < -0.3 is 19.4 Å². The summed E-state index contributed by atoms with van der Waals surface area (Å²) in [4.78, 5) is 22.7. The maximum absolute atomic E-state index is 11.8. The number of aliphatic hydroxyl groups is 1. The fourth-order valence-corrected chi connectivity index (χ4v) is 2.18. The average Bonchev–Trinajstić information content (AvgIpc) is 2.35. The van der Waals surface area contributed by atoms with Crippen LogP contribution >= 0.6 is 0 Å². The molecule has 0 fully saturated rings. The minimum atomic E-state index is -0.979. The van der Waals surface area contributed by atoms with E-state index in [9.17, 15) is 14.7 Å². The third-order valence-electron chi connectivity index (χ3n) is 3.20. The number of aliphatic hydroxyl groups excluding tert-OH is 1. The lowest BCUT2D eigenvalue weighted by atomic mass is 10.1. The molecule has 23 heavy (non-hydrogen) atoms. The molecule has 6 heteroatoms. The number of aliphatic carboxylic acids is 1. The molecule has 0 saturated carbocycles. The molecule has 0 aromatic heterocycles. The summed E-state index contributed by atoms with van der Waals surface area (Å²) < 4.78 is 5.80. The number of unbranched alkanes of at least 4 members (excludes halogenated alkanes) is 2. The van der Waals surface area contributed by atoms with Crippen molar-refractivity contribution in [1.29, 1.82) is 0 Å². The number of likely N-dealkylation sites (N-methyl/N-ethyl adjacent to an activating group) is 1. The maximum Gasteiger partial charge on any atom is 0.307 e. The molecule has 1 atom stereocenters. The van der Waals surface area contributed by atoms with E-state index in [0.29, 0.717) is 29.6 Å². The third kappa shape index (κ3) is 13.8. The molecule has 0 aliphatic carbocycles. The zero-order valence-electron chi connectivity index (χ0n) is 14.9. The minimum Gasteiger partial charge on any atom is -0.513 e. The Morgan fingerprint density at radius 1 is 1.13 bits per heavy atom. The molecule has 0 heterocycles. The number of carbonyl (C=O) groups is 2. The number of carbonyl (C=O) groups excluding carboxylic acids is 1. The van der Waals surface area contributed by atoms with Crippen molar-refractivity contribution in [1.82, 2.24) is 0 Å². The molecule has 0 spiro atoms. The van der Waals surface area contributed by atoms with Crippen molar-refractivity contribution in [2.24, 2.45) is 0 Å². The lowest BCUT2D eigenvalue weighted by Crippen LogP contribution is -2.43. The van der Waals surface area contributed by atoms with Crippen LogP contribution in [0.25, 0.3) is 0 Å². The molecule has 0 bridgehead atoms. The van der Waals surface area contributed by atoms with Gasteiger partial charge in [-0.05, 0) is 25.3 Å². The molecule has 0 radical (unpaired) electrons. The molecule has 134 valence electrons. The van der Waals surface area contributed by atoms with E-state index in [-0.39, 0.29) is 12.8 Å². The van der Waals surface area contributed by atoms with Gasteiger partial charge in [-0.25, -0.2) is 0 Å². The average molecular weight is 330 g/mol. The minimum absolute atomic E-state index is 0.180. The number of allylic oxidation sites excluding steroid dienone is 2. The normalized spacial score (nSPS) is 13.7. The van der Waals surface area contributed by atoms with Gasteiger partial charge in [0, 0.05) is 12.8 Å². The predicted octanol–water partition coefficient (Wildman–Crippen LogP) is 2.88. The summed E-state index contributed by atoms with van der Waals surface area (Å²) in [7, 11) is 5.76. The van der Waals surface area contributed by atoms with E-state index in [1.54, 1.807) is 6.08 Å². The first kappa shape index (κ1) is 21.4. The second-order valence-corrected chi connectivity index (χ2v) is 6.87. The molecule has 0 saturated heterocycles. The molecular weight excluding hydrogens is 298 g/mol. The van der Waals surface area contributed by atoms with Crippen LogP contribution in [-0.4, -0.2) is 60.4 Å². The fraction of sp³-hybridized carbons (Fsp3) is 0.765. The van der Waals surface area contributed by atoms with Crippen molar-refractivity contribution in [3.63, 3.8) is 0 Å². The van der Waals surface area contributed by atoms with Crippen molar-refractivity contribution >= 4 is 11.9 Å². The number of nitrogens with zero attached hydrogens (tertiary/aromatic N) is 1. The highest BCUT2D eigenvalue weighted by Gasteiger charge is 2.24. The summed E-state index contributed by atoms with van der Waals surface area (Å²) in [6.07, 6.45) is 5.04. The molecule has 0 aliphatic heterocycles. The summed E-state index contributed by atoms with van der Waals surface area (Å²) in [5.74, 6) is -1.08. The highest BCUT2D eigenvalue weighted by Crippen LogP contribution is 2.11. The van der Waals surface area contributed by atoms with Crippen LogP contribution in [0.5, 0.6) is 0 Å². The quantitative estimate of drug-likeness (QED) is 0.249. The summed E-state index contributed by atoms with van der Waals surface area (Å²) in [6, 6.07) is 0. The van der Waals surface area contributed by atoms with Crippen LogP contribution in [0.2, 0.25) is 0 Å². The number of carboxylic acids is 1. The molecule has 0 aliphatic rings. The van der Waals surface area contributed by atoms with E-state index in [4.69, 9.17) is 9.84 Å². The van der Waals surface area contributed by atoms with Crippen molar-refractivity contribution in [3.8, 4) is 0 Å². The Morgan fingerprint density at radius 3 is 2.30 bits per heavy atom. The predicted molar refractivity (Wildman–Crippen MR) is 89.1 cm³/mol. The SMILES string of the molecule is CCCC/C=C(\O)CCCC(=O)OC(CC(=O)O)C[N+](C)(C)C. The first-order valence-electron chi connectivity index (χ1n) is 8.23. The van der Waals surface area contributed by atoms with Gasteiger partial charge in [0.05, 0.1) is 33.3 Å². The van der Waals surface area contributed by atoms with E-state index in [2.05, 4.69) is 6.92 Å². The van der Waals surface area contributed by atoms with Gasteiger partial charge in [-0.1, -0.05) is 13.3 Å². The van der Waals surface area contributed by atoms with Gasteiger partial charge in [-0.15, -0.1) is 0 Å². The zero-order valence-corrected chi connectivity index (χ0v) is 14.9. The first-order valence-corrected chi connectivity index (χ1v) is 8.23. The number of hydrogen-bond acceptors (Lipinski definition) is 4. The van der Waals surface area contributed by atoms with Crippen LogP contribution in [0.1, 0.15) is 51.9 Å². The topological polar surface area (TPSA) is 83.8 Å². The Labute approximate surface area is 139 Å². The number of hydrogen-bond donors (Lipinski definition) is 2. The van der Waals surface area contributed by atoms with Crippen LogP contribution in [-0.2, 0) is 14.3 Å². The molecule has 0 amide bonds. The zero-order chi connectivity index (χ0) is 17.9. The first-order chi connectivity index (χ1) is 10.6. The Bertz CT molecular complexity index is 398. The smallest absolute Gasteiger partial charge is 0.307 e. The van der Waals surface area contributed by atoms with Gasteiger partial charge in [0.15, 0.2) is 6.10 Å². The van der Waals surface area contributed by atoms with Gasteiger partial charge >= 0.3 is 11.9 Å². The summed E-state index contributed by atoms with van der Waals surface area (Å²) in [6.45, 7) is 2.53. The van der Waals surface area contributed by atoms with Gasteiger partial charge in [-0.3, -0.25) is 9.59 Å². The second kappa shape index (κ2) is 11.0. The number of ether oxygens (including phenoxy) is 1. The Kier molecular flexibility index (Phi) is 10.3. The monoisotopic (exact) mass is 330 g/mol. The number of esters is 1. The molecule has 6 nitrogen and oxygen atoms in total. The van der Waals surface area contributed by atoms with Crippen LogP contribution < -0.4 is 0 Å². The summed E-state index contributed by atoms with van der Waals surface area (Å²) >= 11 is 0. The number of rotatable bonds is 12. The van der Waals surface area contributed by atoms with Crippen LogP contribution in [0, 0.1) is 0 Å². The van der Waals surface area contributed by atoms with E-state index in [0.717, 1.165) is 19.3 Å². The van der Waals surface area contributed by atoms with E-state index < -0.39 is 18.0 Å². The molecule has 1 unspecified atom stereocenters. The van der Waals surface area contributed by atoms with E-state index >= 15 is 0 Å². The summed E-state index contributed by atoms with van der Waals surface area (Å²) in [5.41, 5.74) is 0. The van der Waals surface area contributed by atoms with Crippen molar-refractivity contribution in [2.45, 2.75) is 58.0 Å². The number of carboxylic acid groups (broad SMARTS) is 1. The van der Waals surface area contributed by atoms with Gasteiger partial charge in [0.25, 0.3) is 0 Å². The van der Waals surface area contributed by atoms with Crippen molar-refractivity contribution in [3.05, 3.63) is 11.8 Å². The van der Waals surface area contributed by atoms with E-state index in [1.807, 2.05) is 21.1 Å². The summed E-state index contributed by atoms with van der Waals surface area (Å²) in [5, 5.41) is 18.6. The third-order valence-corrected chi connectivity index (χ3v) is 3.20. The van der Waals surface area contributed by atoms with Crippen molar-refractivity contribution < 1.29 is 29.0 Å². The maximum atomic E-state index is 11.8. The van der Waals surface area contributed by atoms with Gasteiger partial charge in [-0.2, -0.15) is 0 Å². The van der Waals surface area contributed by atoms with E-state index in [1.165, 1.54) is 0 Å². The highest BCUT2D eigenvalue weighted by molar-refractivity contribution is 5.71. The largest absolute Gasteiger partial charge is 0.513 e. The lowest BCUT2D eigenvalue weighted by Gasteiger charge is -2.28. The van der Waals surface area contributed by atoms with Crippen LogP contribution in [0.15, 0.2) is 11.8 Å². The number of quaternary nitrogens is 1. The highest BCUT2D eigenvalue weighted by atomic mass is 16.5. The Hall–Kier alpha value is -1.56.